The molecule has 0 aliphatic carbocycles. The molecule has 1 aromatic carbocycles. The van der Waals surface area contributed by atoms with Crippen molar-refractivity contribution in [1.29, 1.82) is 0 Å². The van der Waals surface area contributed by atoms with Crippen LogP contribution in [0.5, 0.6) is 5.75 Å². The number of H-pyrrole nitrogens is 1. The van der Waals surface area contributed by atoms with Gasteiger partial charge in [-0.15, -0.1) is 0 Å². The summed E-state index contributed by atoms with van der Waals surface area (Å²) < 4.78 is 5.37. The van der Waals surface area contributed by atoms with Crippen LogP contribution in [0, 0.1) is 0 Å². The lowest BCUT2D eigenvalue weighted by Gasteiger charge is -2.20. The van der Waals surface area contributed by atoms with Crippen LogP contribution < -0.4 is 10.1 Å². The highest BCUT2D eigenvalue weighted by Crippen LogP contribution is 2.27. The number of hydrogen-bond acceptors (Lipinski definition) is 2. The van der Waals surface area contributed by atoms with Crippen LogP contribution in [0.1, 0.15) is 32.8 Å². The summed E-state index contributed by atoms with van der Waals surface area (Å²) in [4.78, 5) is 3.32. The Bertz CT molecular complexity index is 537. The SMILES string of the molecule is COc1cccc2c(CCCNC(C)(C)C)c[nH]c12. The second-order valence-electron chi connectivity index (χ2n) is 5.98. The molecular formula is C16H24N2O. The van der Waals surface area contributed by atoms with Gasteiger partial charge in [-0.2, -0.15) is 0 Å². The summed E-state index contributed by atoms with van der Waals surface area (Å²) in [5.74, 6) is 0.913. The van der Waals surface area contributed by atoms with Gasteiger partial charge in [-0.1, -0.05) is 12.1 Å². The van der Waals surface area contributed by atoms with Crippen molar-refractivity contribution in [2.45, 2.75) is 39.2 Å². The lowest BCUT2D eigenvalue weighted by atomic mass is 10.1. The van der Waals surface area contributed by atoms with E-state index in [1.165, 1.54) is 10.9 Å². The summed E-state index contributed by atoms with van der Waals surface area (Å²) in [6.07, 6.45) is 4.32. The minimum atomic E-state index is 0.198. The molecule has 2 N–H and O–H groups in total. The molecule has 2 rings (SSSR count). The zero-order chi connectivity index (χ0) is 13.9. The molecule has 3 heteroatoms. The molecule has 2 aromatic rings. The van der Waals surface area contributed by atoms with E-state index < -0.39 is 0 Å². The first-order valence-corrected chi connectivity index (χ1v) is 6.89. The van der Waals surface area contributed by atoms with Gasteiger partial charge in [0.2, 0.25) is 0 Å². The fourth-order valence-corrected chi connectivity index (χ4v) is 2.30. The first kappa shape index (κ1) is 13.9. The maximum Gasteiger partial charge on any atom is 0.142 e. The van der Waals surface area contributed by atoms with E-state index in [0.29, 0.717) is 0 Å². The number of fused-ring (bicyclic) bond motifs is 1. The Balaban J connectivity index is 2.02. The fourth-order valence-electron chi connectivity index (χ4n) is 2.30. The molecule has 0 aliphatic rings. The molecule has 104 valence electrons. The van der Waals surface area contributed by atoms with Gasteiger partial charge in [-0.3, -0.25) is 0 Å². The minimum Gasteiger partial charge on any atom is -0.495 e. The summed E-state index contributed by atoms with van der Waals surface area (Å²) >= 11 is 0. The molecule has 0 aliphatic heterocycles. The van der Waals surface area contributed by atoms with Crippen molar-refractivity contribution in [3.05, 3.63) is 30.0 Å². The van der Waals surface area contributed by atoms with Gasteiger partial charge < -0.3 is 15.0 Å². The second-order valence-corrected chi connectivity index (χ2v) is 5.98. The van der Waals surface area contributed by atoms with Crippen molar-refractivity contribution < 1.29 is 4.74 Å². The zero-order valence-electron chi connectivity index (χ0n) is 12.3. The van der Waals surface area contributed by atoms with E-state index in [1.807, 2.05) is 12.1 Å². The van der Waals surface area contributed by atoms with E-state index in [4.69, 9.17) is 4.74 Å². The second kappa shape index (κ2) is 5.66. The molecule has 0 saturated carbocycles. The Morgan fingerprint density at radius 3 is 2.74 bits per heavy atom. The molecule has 0 fully saturated rings. The van der Waals surface area contributed by atoms with Crippen molar-refractivity contribution in [1.82, 2.24) is 10.3 Å². The van der Waals surface area contributed by atoms with E-state index in [-0.39, 0.29) is 5.54 Å². The predicted octanol–water partition coefficient (Wildman–Crippen LogP) is 3.50. The van der Waals surface area contributed by atoms with Gasteiger partial charge in [0, 0.05) is 17.1 Å². The third kappa shape index (κ3) is 3.51. The van der Waals surface area contributed by atoms with Crippen LogP contribution in [0.2, 0.25) is 0 Å². The lowest BCUT2D eigenvalue weighted by Crippen LogP contribution is -2.36. The number of methoxy groups -OCH3 is 1. The molecule has 0 atom stereocenters. The Morgan fingerprint density at radius 1 is 1.26 bits per heavy atom. The topological polar surface area (TPSA) is 37.0 Å². The number of nitrogens with one attached hydrogen (secondary N) is 2. The smallest absolute Gasteiger partial charge is 0.142 e. The average Bonchev–Trinajstić information content (AvgIpc) is 2.76. The third-order valence-electron chi connectivity index (χ3n) is 3.26. The van der Waals surface area contributed by atoms with Crippen molar-refractivity contribution >= 4 is 10.9 Å². The Morgan fingerprint density at radius 2 is 2.05 bits per heavy atom. The van der Waals surface area contributed by atoms with Crippen molar-refractivity contribution in [2.24, 2.45) is 0 Å². The highest BCUT2D eigenvalue weighted by molar-refractivity contribution is 5.88. The van der Waals surface area contributed by atoms with Gasteiger partial charge in [-0.05, 0) is 51.8 Å². The Kier molecular flexibility index (Phi) is 4.15. The van der Waals surface area contributed by atoms with Gasteiger partial charge in [0.1, 0.15) is 5.75 Å². The number of ether oxygens (including phenoxy) is 1. The van der Waals surface area contributed by atoms with Crippen LogP contribution >= 0.6 is 0 Å². The van der Waals surface area contributed by atoms with Crippen molar-refractivity contribution in [2.75, 3.05) is 13.7 Å². The van der Waals surface area contributed by atoms with Crippen LogP contribution in [0.3, 0.4) is 0 Å². The van der Waals surface area contributed by atoms with Crippen LogP contribution in [-0.4, -0.2) is 24.2 Å². The summed E-state index contributed by atoms with van der Waals surface area (Å²) in [5.41, 5.74) is 2.66. The Labute approximate surface area is 115 Å². The summed E-state index contributed by atoms with van der Waals surface area (Å²) in [5, 5.41) is 4.79. The van der Waals surface area contributed by atoms with E-state index >= 15 is 0 Å². The summed E-state index contributed by atoms with van der Waals surface area (Å²) in [7, 11) is 1.71. The number of hydrogen-bond donors (Lipinski definition) is 2. The van der Waals surface area contributed by atoms with Crippen LogP contribution in [0.4, 0.5) is 0 Å². The van der Waals surface area contributed by atoms with E-state index in [0.717, 1.165) is 30.7 Å². The molecule has 19 heavy (non-hydrogen) atoms. The van der Waals surface area contributed by atoms with Crippen molar-refractivity contribution in [3.63, 3.8) is 0 Å². The molecule has 0 radical (unpaired) electrons. The molecule has 0 saturated heterocycles. The van der Waals surface area contributed by atoms with E-state index in [2.05, 4.69) is 43.3 Å². The molecule has 0 bridgehead atoms. The van der Waals surface area contributed by atoms with Crippen LogP contribution in [0.15, 0.2) is 24.4 Å². The van der Waals surface area contributed by atoms with E-state index in [9.17, 15) is 0 Å². The van der Waals surface area contributed by atoms with Gasteiger partial charge in [-0.25, -0.2) is 0 Å². The fraction of sp³-hybridized carbons (Fsp3) is 0.500. The molecule has 0 unspecified atom stereocenters. The molecule has 0 amide bonds. The average molecular weight is 260 g/mol. The summed E-state index contributed by atoms with van der Waals surface area (Å²) in [6, 6.07) is 6.19. The molecule has 1 heterocycles. The Hall–Kier alpha value is -1.48. The first-order chi connectivity index (χ1) is 9.01. The monoisotopic (exact) mass is 260 g/mol. The highest BCUT2D eigenvalue weighted by Gasteiger charge is 2.09. The number of rotatable bonds is 5. The van der Waals surface area contributed by atoms with Gasteiger partial charge in [0.25, 0.3) is 0 Å². The maximum atomic E-state index is 5.37. The van der Waals surface area contributed by atoms with Crippen molar-refractivity contribution in [3.8, 4) is 5.75 Å². The zero-order valence-corrected chi connectivity index (χ0v) is 12.3. The molecule has 1 aromatic heterocycles. The number of benzene rings is 1. The molecule has 3 nitrogen and oxygen atoms in total. The minimum absolute atomic E-state index is 0.198. The van der Waals surface area contributed by atoms with Gasteiger partial charge in [0.15, 0.2) is 0 Å². The lowest BCUT2D eigenvalue weighted by molar-refractivity contribution is 0.419. The number of aromatic amines is 1. The molecular weight excluding hydrogens is 236 g/mol. The standard InChI is InChI=1S/C16H24N2O/c1-16(2,3)18-10-6-7-12-11-17-15-13(12)8-5-9-14(15)19-4/h5,8-9,11,17-18H,6-7,10H2,1-4H3. The molecule has 0 spiro atoms. The predicted molar refractivity (Wildman–Crippen MR) is 80.9 cm³/mol. The maximum absolute atomic E-state index is 5.37. The highest BCUT2D eigenvalue weighted by atomic mass is 16.5. The van der Waals surface area contributed by atoms with Crippen LogP contribution in [0.25, 0.3) is 10.9 Å². The quantitative estimate of drug-likeness (QED) is 0.807. The normalized spacial score (nSPS) is 12.0. The number of aromatic nitrogens is 1. The largest absolute Gasteiger partial charge is 0.495 e. The van der Waals surface area contributed by atoms with Gasteiger partial charge in [0.05, 0.1) is 12.6 Å². The first-order valence-electron chi connectivity index (χ1n) is 6.89. The number of para-hydroxylation sites is 1. The third-order valence-corrected chi connectivity index (χ3v) is 3.26. The summed E-state index contributed by atoms with van der Waals surface area (Å²) in [6.45, 7) is 7.64. The van der Waals surface area contributed by atoms with Gasteiger partial charge >= 0.3 is 0 Å². The van der Waals surface area contributed by atoms with Crippen LogP contribution in [-0.2, 0) is 6.42 Å². The van der Waals surface area contributed by atoms with E-state index in [1.54, 1.807) is 7.11 Å². The number of aryl methyl sites for hydroxylation is 1.